The van der Waals surface area contributed by atoms with E-state index >= 15 is 0 Å². The zero-order valence-corrected chi connectivity index (χ0v) is 7.42. The van der Waals surface area contributed by atoms with Gasteiger partial charge in [-0.2, -0.15) is 4.39 Å². The Morgan fingerprint density at radius 3 is 2.93 bits per heavy atom. The molecule has 2 rings (SSSR count). The molecule has 0 aromatic heterocycles. The molecular formula is C9H9FN2O2. The number of nitro groups is 1. The van der Waals surface area contributed by atoms with Gasteiger partial charge in [0, 0.05) is 12.6 Å². The Bertz CT molecular complexity index is 393. The van der Waals surface area contributed by atoms with Crippen molar-refractivity contribution in [2.24, 2.45) is 0 Å². The SMILES string of the molecule is O=[N+]([O-])c1cc2c(cc1F)CNCC2. The van der Waals surface area contributed by atoms with Crippen molar-refractivity contribution in [1.82, 2.24) is 5.32 Å². The van der Waals surface area contributed by atoms with Crippen LogP contribution in [0, 0.1) is 15.9 Å². The van der Waals surface area contributed by atoms with E-state index in [0.717, 1.165) is 24.1 Å². The maximum absolute atomic E-state index is 13.2. The van der Waals surface area contributed by atoms with Crippen LogP contribution in [0.15, 0.2) is 12.1 Å². The predicted octanol–water partition coefficient (Wildman–Crippen LogP) is 1.38. The molecule has 1 aromatic carbocycles. The van der Waals surface area contributed by atoms with Crippen LogP contribution in [0.3, 0.4) is 0 Å². The van der Waals surface area contributed by atoms with E-state index in [1.54, 1.807) is 0 Å². The fraction of sp³-hybridized carbons (Fsp3) is 0.333. The second-order valence-electron chi connectivity index (χ2n) is 3.26. The van der Waals surface area contributed by atoms with E-state index in [9.17, 15) is 14.5 Å². The molecule has 0 atom stereocenters. The molecule has 1 heterocycles. The van der Waals surface area contributed by atoms with Crippen LogP contribution >= 0.6 is 0 Å². The van der Waals surface area contributed by atoms with Crippen molar-refractivity contribution in [2.45, 2.75) is 13.0 Å². The predicted molar refractivity (Wildman–Crippen MR) is 48.5 cm³/mol. The Hall–Kier alpha value is -1.49. The van der Waals surface area contributed by atoms with E-state index in [2.05, 4.69) is 5.32 Å². The summed E-state index contributed by atoms with van der Waals surface area (Å²) >= 11 is 0. The minimum Gasteiger partial charge on any atom is -0.312 e. The molecule has 0 amide bonds. The summed E-state index contributed by atoms with van der Waals surface area (Å²) in [6.07, 6.45) is 0.719. The van der Waals surface area contributed by atoms with Gasteiger partial charge < -0.3 is 5.32 Å². The van der Waals surface area contributed by atoms with Gasteiger partial charge in [0.2, 0.25) is 5.82 Å². The topological polar surface area (TPSA) is 55.2 Å². The Labute approximate surface area is 79.9 Å². The quantitative estimate of drug-likeness (QED) is 0.545. The van der Waals surface area contributed by atoms with Crippen LogP contribution in [0.4, 0.5) is 10.1 Å². The minimum absolute atomic E-state index is 0.425. The molecule has 0 spiro atoms. The van der Waals surface area contributed by atoms with E-state index < -0.39 is 16.4 Å². The Balaban J connectivity index is 2.50. The van der Waals surface area contributed by atoms with Crippen LogP contribution in [-0.2, 0) is 13.0 Å². The van der Waals surface area contributed by atoms with Crippen molar-refractivity contribution in [3.05, 3.63) is 39.2 Å². The summed E-state index contributed by atoms with van der Waals surface area (Å²) in [6, 6.07) is 2.59. The van der Waals surface area contributed by atoms with E-state index in [1.165, 1.54) is 12.1 Å². The number of hydrogen-bond acceptors (Lipinski definition) is 3. The fourth-order valence-corrected chi connectivity index (χ4v) is 1.63. The lowest BCUT2D eigenvalue weighted by molar-refractivity contribution is -0.387. The second kappa shape index (κ2) is 3.34. The average Bonchev–Trinajstić information content (AvgIpc) is 2.16. The molecule has 0 bridgehead atoms. The standard InChI is InChI=1S/C9H9FN2O2/c10-8-3-7-5-11-2-1-6(7)4-9(8)12(13)14/h3-4,11H,1-2,5H2. The van der Waals surface area contributed by atoms with Gasteiger partial charge in [-0.25, -0.2) is 0 Å². The van der Waals surface area contributed by atoms with E-state index in [1.807, 2.05) is 0 Å². The molecule has 14 heavy (non-hydrogen) atoms. The third-order valence-corrected chi connectivity index (χ3v) is 2.35. The lowest BCUT2D eigenvalue weighted by Gasteiger charge is -2.16. The number of hydrogen-bond donors (Lipinski definition) is 1. The highest BCUT2D eigenvalue weighted by atomic mass is 19.1. The van der Waals surface area contributed by atoms with Gasteiger partial charge in [-0.15, -0.1) is 0 Å². The summed E-state index contributed by atoms with van der Waals surface area (Å²) < 4.78 is 13.2. The molecule has 5 heteroatoms. The molecule has 1 aliphatic rings. The molecule has 0 saturated carbocycles. The normalized spacial score (nSPS) is 14.9. The Kier molecular flexibility index (Phi) is 2.17. The highest BCUT2D eigenvalue weighted by molar-refractivity contribution is 5.42. The average molecular weight is 196 g/mol. The smallest absolute Gasteiger partial charge is 0.305 e. The molecule has 1 aromatic rings. The lowest BCUT2D eigenvalue weighted by Crippen LogP contribution is -2.23. The van der Waals surface area contributed by atoms with Gasteiger partial charge in [-0.1, -0.05) is 0 Å². The van der Waals surface area contributed by atoms with Crippen molar-refractivity contribution in [2.75, 3.05) is 6.54 Å². The van der Waals surface area contributed by atoms with Gasteiger partial charge in [0.15, 0.2) is 0 Å². The molecule has 0 aliphatic carbocycles. The summed E-state index contributed by atoms with van der Waals surface area (Å²) in [5, 5.41) is 13.5. The van der Waals surface area contributed by atoms with Gasteiger partial charge in [-0.05, 0) is 30.2 Å². The third-order valence-electron chi connectivity index (χ3n) is 2.35. The number of halogens is 1. The zero-order valence-electron chi connectivity index (χ0n) is 7.42. The summed E-state index contributed by atoms with van der Waals surface area (Å²) in [7, 11) is 0. The second-order valence-corrected chi connectivity index (χ2v) is 3.26. The maximum atomic E-state index is 13.2. The van der Waals surface area contributed by atoms with Crippen molar-refractivity contribution < 1.29 is 9.31 Å². The first-order valence-corrected chi connectivity index (χ1v) is 4.35. The van der Waals surface area contributed by atoms with Crippen molar-refractivity contribution in [1.29, 1.82) is 0 Å². The van der Waals surface area contributed by atoms with Crippen LogP contribution in [0.5, 0.6) is 0 Å². The van der Waals surface area contributed by atoms with Crippen LogP contribution in [-0.4, -0.2) is 11.5 Å². The van der Waals surface area contributed by atoms with Crippen LogP contribution < -0.4 is 5.32 Å². The van der Waals surface area contributed by atoms with E-state index in [0.29, 0.717) is 6.54 Å². The summed E-state index contributed by atoms with van der Waals surface area (Å²) in [4.78, 5) is 9.77. The first-order chi connectivity index (χ1) is 6.68. The van der Waals surface area contributed by atoms with E-state index in [4.69, 9.17) is 0 Å². The minimum atomic E-state index is -0.752. The van der Waals surface area contributed by atoms with Crippen molar-refractivity contribution in [3.8, 4) is 0 Å². The van der Waals surface area contributed by atoms with Crippen LogP contribution in [0.1, 0.15) is 11.1 Å². The number of fused-ring (bicyclic) bond motifs is 1. The van der Waals surface area contributed by atoms with E-state index in [-0.39, 0.29) is 0 Å². The van der Waals surface area contributed by atoms with Crippen LogP contribution in [0.25, 0.3) is 0 Å². The van der Waals surface area contributed by atoms with Gasteiger partial charge in [-0.3, -0.25) is 10.1 Å². The molecular weight excluding hydrogens is 187 g/mol. The maximum Gasteiger partial charge on any atom is 0.305 e. The molecule has 0 saturated heterocycles. The largest absolute Gasteiger partial charge is 0.312 e. The van der Waals surface area contributed by atoms with Gasteiger partial charge >= 0.3 is 5.69 Å². The van der Waals surface area contributed by atoms with Crippen molar-refractivity contribution >= 4 is 5.69 Å². The molecule has 0 unspecified atom stereocenters. The van der Waals surface area contributed by atoms with Crippen LogP contribution in [0.2, 0.25) is 0 Å². The highest BCUT2D eigenvalue weighted by Crippen LogP contribution is 2.24. The summed E-state index contributed by atoms with van der Waals surface area (Å²) in [5.41, 5.74) is 1.27. The molecule has 4 nitrogen and oxygen atoms in total. The number of nitrogens with zero attached hydrogens (tertiary/aromatic N) is 1. The van der Waals surface area contributed by atoms with Gasteiger partial charge in [0.1, 0.15) is 0 Å². The molecule has 74 valence electrons. The molecule has 1 N–H and O–H groups in total. The summed E-state index contributed by atoms with van der Waals surface area (Å²) in [6.45, 7) is 1.38. The van der Waals surface area contributed by atoms with Gasteiger partial charge in [0.25, 0.3) is 0 Å². The first kappa shape index (κ1) is 9.08. The van der Waals surface area contributed by atoms with Crippen molar-refractivity contribution in [3.63, 3.8) is 0 Å². The number of nitrogens with one attached hydrogen (secondary N) is 1. The Morgan fingerprint density at radius 2 is 2.21 bits per heavy atom. The number of benzene rings is 1. The molecule has 0 fully saturated rings. The third kappa shape index (κ3) is 1.46. The highest BCUT2D eigenvalue weighted by Gasteiger charge is 2.19. The molecule has 1 aliphatic heterocycles. The molecule has 0 radical (unpaired) electrons. The summed E-state index contributed by atoms with van der Waals surface area (Å²) in [5.74, 6) is -0.752. The lowest BCUT2D eigenvalue weighted by atomic mass is 10.0. The number of rotatable bonds is 1. The first-order valence-electron chi connectivity index (χ1n) is 4.35. The fourth-order valence-electron chi connectivity index (χ4n) is 1.63. The zero-order chi connectivity index (χ0) is 10.1. The monoisotopic (exact) mass is 196 g/mol. The number of nitro benzene ring substituents is 1. The van der Waals surface area contributed by atoms with Gasteiger partial charge in [0.05, 0.1) is 4.92 Å². The Morgan fingerprint density at radius 1 is 1.43 bits per heavy atom.